The molecular weight excluding hydrogens is 242 g/mol. The fourth-order valence-electron chi connectivity index (χ4n) is 1.60. The Morgan fingerprint density at radius 2 is 2.19 bits per heavy atom. The Bertz CT molecular complexity index is 656. The number of aromatic nitrogens is 2. The zero-order valence-electron chi connectivity index (χ0n) is 8.20. The van der Waals surface area contributed by atoms with E-state index in [1.807, 2.05) is 29.6 Å². The number of rotatable bonds is 1. The van der Waals surface area contributed by atoms with Crippen molar-refractivity contribution in [3.05, 3.63) is 34.7 Å². The van der Waals surface area contributed by atoms with E-state index >= 15 is 0 Å². The molecule has 0 aliphatic rings. The Kier molecular flexibility index (Phi) is 2.12. The highest BCUT2D eigenvalue weighted by atomic mass is 35.5. The van der Waals surface area contributed by atoms with E-state index in [1.54, 1.807) is 11.3 Å². The number of halogens is 1. The minimum atomic E-state index is 0.719. The summed E-state index contributed by atoms with van der Waals surface area (Å²) >= 11 is 7.62. The number of thiophene rings is 1. The summed E-state index contributed by atoms with van der Waals surface area (Å²) < 4.78 is 0. The fourth-order valence-corrected chi connectivity index (χ4v) is 2.69. The maximum absolute atomic E-state index is 6.06. The van der Waals surface area contributed by atoms with Gasteiger partial charge >= 0.3 is 0 Å². The zero-order valence-corrected chi connectivity index (χ0v) is 9.77. The molecule has 0 saturated carbocycles. The van der Waals surface area contributed by atoms with Crippen molar-refractivity contribution < 1.29 is 0 Å². The number of hydrogen-bond acceptors (Lipinski definition) is 3. The van der Waals surface area contributed by atoms with E-state index in [4.69, 9.17) is 17.3 Å². The third-order valence-electron chi connectivity index (χ3n) is 2.34. The Balaban J connectivity index is 2.23. The van der Waals surface area contributed by atoms with E-state index in [0.717, 1.165) is 32.4 Å². The highest BCUT2D eigenvalue weighted by molar-refractivity contribution is 7.14. The third kappa shape index (κ3) is 1.47. The van der Waals surface area contributed by atoms with Crippen LogP contribution in [0.1, 0.15) is 0 Å². The number of nitrogens with zero attached hydrogens (tertiary/aromatic N) is 1. The lowest BCUT2D eigenvalue weighted by atomic mass is 10.3. The quantitative estimate of drug-likeness (QED) is 0.649. The minimum absolute atomic E-state index is 0.719. The standard InChI is InChI=1S/C11H8ClN3S/c12-7-3-4-16-10(7)11-14-8-2-1-6(13)5-9(8)15-11/h1-5H,13H2,(H,14,15). The smallest absolute Gasteiger partial charge is 0.150 e. The van der Waals surface area contributed by atoms with Crippen LogP contribution in [0.25, 0.3) is 21.7 Å². The summed E-state index contributed by atoms with van der Waals surface area (Å²) in [6, 6.07) is 7.46. The molecule has 3 rings (SSSR count). The number of imidazole rings is 1. The normalized spacial score (nSPS) is 11.1. The monoisotopic (exact) mass is 249 g/mol. The Morgan fingerprint density at radius 3 is 2.94 bits per heavy atom. The van der Waals surface area contributed by atoms with E-state index < -0.39 is 0 Å². The van der Waals surface area contributed by atoms with Crippen molar-refractivity contribution in [3.8, 4) is 10.7 Å². The lowest BCUT2D eigenvalue weighted by Crippen LogP contribution is -1.82. The second kappa shape index (κ2) is 3.50. The largest absolute Gasteiger partial charge is 0.399 e. The van der Waals surface area contributed by atoms with Gasteiger partial charge in [-0.05, 0) is 29.6 Å². The average molecular weight is 250 g/mol. The summed E-state index contributed by atoms with van der Waals surface area (Å²) in [5.74, 6) is 0.792. The Hall–Kier alpha value is -1.52. The first-order chi connectivity index (χ1) is 7.74. The van der Waals surface area contributed by atoms with Gasteiger partial charge in [0.2, 0.25) is 0 Å². The predicted octanol–water partition coefficient (Wildman–Crippen LogP) is 3.53. The van der Waals surface area contributed by atoms with Crippen LogP contribution in [-0.4, -0.2) is 9.97 Å². The maximum Gasteiger partial charge on any atom is 0.150 e. The number of aromatic amines is 1. The van der Waals surface area contributed by atoms with Crippen molar-refractivity contribution in [2.24, 2.45) is 0 Å². The molecule has 1 aromatic carbocycles. The van der Waals surface area contributed by atoms with Gasteiger partial charge in [0, 0.05) is 5.69 Å². The van der Waals surface area contributed by atoms with Crippen molar-refractivity contribution in [2.75, 3.05) is 5.73 Å². The van der Waals surface area contributed by atoms with Crippen LogP contribution in [0.2, 0.25) is 5.02 Å². The average Bonchev–Trinajstić information content (AvgIpc) is 2.82. The molecule has 0 saturated heterocycles. The molecule has 0 radical (unpaired) electrons. The summed E-state index contributed by atoms with van der Waals surface area (Å²) in [6.45, 7) is 0. The molecule has 0 spiro atoms. The number of H-pyrrole nitrogens is 1. The van der Waals surface area contributed by atoms with Crippen LogP contribution in [0.4, 0.5) is 5.69 Å². The lowest BCUT2D eigenvalue weighted by Gasteiger charge is -1.90. The first-order valence-electron chi connectivity index (χ1n) is 4.72. The van der Waals surface area contributed by atoms with Crippen molar-refractivity contribution >= 4 is 39.7 Å². The van der Waals surface area contributed by atoms with Gasteiger partial charge in [-0.25, -0.2) is 4.98 Å². The molecule has 0 amide bonds. The zero-order chi connectivity index (χ0) is 11.1. The highest BCUT2D eigenvalue weighted by Gasteiger charge is 2.09. The molecule has 0 atom stereocenters. The Labute approximate surface area is 101 Å². The van der Waals surface area contributed by atoms with Crippen LogP contribution >= 0.6 is 22.9 Å². The van der Waals surface area contributed by atoms with Crippen molar-refractivity contribution in [1.29, 1.82) is 0 Å². The second-order valence-corrected chi connectivity index (χ2v) is 4.78. The van der Waals surface area contributed by atoms with Crippen molar-refractivity contribution in [3.63, 3.8) is 0 Å². The minimum Gasteiger partial charge on any atom is -0.399 e. The molecular formula is C11H8ClN3S. The van der Waals surface area contributed by atoms with E-state index in [1.165, 1.54) is 0 Å². The third-order valence-corrected chi connectivity index (χ3v) is 3.69. The number of benzene rings is 1. The molecule has 3 nitrogen and oxygen atoms in total. The van der Waals surface area contributed by atoms with E-state index in [2.05, 4.69) is 9.97 Å². The number of nitrogen functional groups attached to an aromatic ring is 1. The van der Waals surface area contributed by atoms with Gasteiger partial charge in [0.25, 0.3) is 0 Å². The van der Waals surface area contributed by atoms with Crippen LogP contribution in [0.5, 0.6) is 0 Å². The first kappa shape index (κ1) is 9.69. The van der Waals surface area contributed by atoms with E-state index in [0.29, 0.717) is 0 Å². The fraction of sp³-hybridized carbons (Fsp3) is 0. The van der Waals surface area contributed by atoms with Gasteiger partial charge in [0.15, 0.2) is 0 Å². The maximum atomic E-state index is 6.06. The van der Waals surface area contributed by atoms with Crippen molar-refractivity contribution in [1.82, 2.24) is 9.97 Å². The molecule has 80 valence electrons. The van der Waals surface area contributed by atoms with Crippen LogP contribution in [0, 0.1) is 0 Å². The number of hydrogen-bond donors (Lipinski definition) is 2. The molecule has 0 aliphatic heterocycles. The molecule has 0 aliphatic carbocycles. The number of nitrogens with one attached hydrogen (secondary N) is 1. The first-order valence-corrected chi connectivity index (χ1v) is 5.98. The van der Waals surface area contributed by atoms with Gasteiger partial charge < -0.3 is 10.7 Å². The SMILES string of the molecule is Nc1ccc2nc(-c3sccc3Cl)[nH]c2c1. The van der Waals surface area contributed by atoms with Gasteiger partial charge in [-0.3, -0.25) is 0 Å². The summed E-state index contributed by atoms with van der Waals surface area (Å²) in [5.41, 5.74) is 8.26. The molecule has 16 heavy (non-hydrogen) atoms. The molecule has 3 N–H and O–H groups in total. The second-order valence-electron chi connectivity index (χ2n) is 3.46. The number of nitrogens with two attached hydrogens (primary N) is 1. The van der Waals surface area contributed by atoms with E-state index in [-0.39, 0.29) is 0 Å². The Morgan fingerprint density at radius 1 is 1.31 bits per heavy atom. The molecule has 0 unspecified atom stereocenters. The molecule has 2 aromatic heterocycles. The summed E-state index contributed by atoms with van der Waals surface area (Å²) in [4.78, 5) is 8.64. The van der Waals surface area contributed by atoms with Crippen LogP contribution in [-0.2, 0) is 0 Å². The van der Waals surface area contributed by atoms with Gasteiger partial charge in [0.05, 0.1) is 20.9 Å². The van der Waals surface area contributed by atoms with Gasteiger partial charge in [0.1, 0.15) is 5.82 Å². The lowest BCUT2D eigenvalue weighted by molar-refractivity contribution is 1.36. The van der Waals surface area contributed by atoms with Gasteiger partial charge in [-0.1, -0.05) is 11.6 Å². The van der Waals surface area contributed by atoms with E-state index in [9.17, 15) is 0 Å². The molecule has 2 heterocycles. The summed E-state index contributed by atoms with van der Waals surface area (Å²) in [7, 11) is 0. The van der Waals surface area contributed by atoms with Crippen LogP contribution in [0.3, 0.4) is 0 Å². The topological polar surface area (TPSA) is 54.7 Å². The van der Waals surface area contributed by atoms with Gasteiger partial charge in [-0.2, -0.15) is 0 Å². The van der Waals surface area contributed by atoms with Crippen LogP contribution in [0.15, 0.2) is 29.6 Å². The molecule has 0 fully saturated rings. The number of anilines is 1. The predicted molar refractivity (Wildman–Crippen MR) is 68.8 cm³/mol. The molecule has 0 bridgehead atoms. The summed E-state index contributed by atoms with van der Waals surface area (Å²) in [6.07, 6.45) is 0. The van der Waals surface area contributed by atoms with Gasteiger partial charge in [-0.15, -0.1) is 11.3 Å². The van der Waals surface area contributed by atoms with Crippen molar-refractivity contribution in [2.45, 2.75) is 0 Å². The molecule has 5 heteroatoms. The summed E-state index contributed by atoms with van der Waals surface area (Å²) in [5, 5.41) is 2.66. The number of fused-ring (bicyclic) bond motifs is 1. The highest BCUT2D eigenvalue weighted by Crippen LogP contribution is 2.32. The molecule has 3 aromatic rings. The van der Waals surface area contributed by atoms with Crippen LogP contribution < -0.4 is 5.73 Å².